The number of benzene rings is 1. The van der Waals surface area contributed by atoms with Gasteiger partial charge in [0.25, 0.3) is 0 Å². The van der Waals surface area contributed by atoms with Crippen LogP contribution < -0.4 is 4.72 Å². The van der Waals surface area contributed by atoms with Gasteiger partial charge in [0.15, 0.2) is 0 Å². The number of sulfonamides is 1. The van der Waals surface area contributed by atoms with Crippen LogP contribution in [0.25, 0.3) is 0 Å². The minimum absolute atomic E-state index is 0.120. The van der Waals surface area contributed by atoms with E-state index in [9.17, 15) is 8.42 Å². The summed E-state index contributed by atoms with van der Waals surface area (Å²) in [6.07, 6.45) is 5.04. The van der Waals surface area contributed by atoms with Gasteiger partial charge in [-0.1, -0.05) is 30.4 Å². The van der Waals surface area contributed by atoms with Gasteiger partial charge in [0, 0.05) is 23.2 Å². The second kappa shape index (κ2) is 7.44. The number of allylic oxidation sites excluding steroid dienone is 1. The van der Waals surface area contributed by atoms with E-state index < -0.39 is 10.0 Å². The lowest BCUT2D eigenvalue weighted by Gasteiger charge is -2.15. The highest BCUT2D eigenvalue weighted by Gasteiger charge is 2.28. The molecule has 1 aromatic heterocycles. The Labute approximate surface area is 154 Å². The predicted octanol–water partition coefficient (Wildman–Crippen LogP) is 2.80. The van der Waals surface area contributed by atoms with E-state index in [0.717, 1.165) is 17.0 Å². The van der Waals surface area contributed by atoms with Crippen molar-refractivity contribution in [3.05, 3.63) is 59.4 Å². The minimum Gasteiger partial charge on any atom is -0.268 e. The third-order valence-corrected chi connectivity index (χ3v) is 6.19. The highest BCUT2D eigenvalue weighted by molar-refractivity contribution is 7.89. The number of hydrogen-bond acceptors (Lipinski definition) is 4. The number of nitriles is 1. The maximum Gasteiger partial charge on any atom is 0.241 e. The van der Waals surface area contributed by atoms with E-state index >= 15 is 0 Å². The first-order chi connectivity index (χ1) is 12.4. The van der Waals surface area contributed by atoms with Crippen molar-refractivity contribution < 1.29 is 8.42 Å². The topological polar surface area (TPSA) is 87.8 Å². The fourth-order valence-electron chi connectivity index (χ4n) is 3.49. The van der Waals surface area contributed by atoms with Gasteiger partial charge in [-0.3, -0.25) is 4.68 Å². The lowest BCUT2D eigenvalue weighted by Crippen LogP contribution is -2.32. The number of hydrogen-bond donors (Lipinski definition) is 1. The third-order valence-electron chi connectivity index (χ3n) is 4.69. The molecule has 2 unspecified atom stereocenters. The monoisotopic (exact) mass is 370 g/mol. The summed E-state index contributed by atoms with van der Waals surface area (Å²) in [6.45, 7) is 4.53. The SMILES string of the molecule is Cc1nn(CCC#N)c(C)c1C1C=CC(NS(=O)(=O)c2ccccc2)C1. The van der Waals surface area contributed by atoms with Crippen LogP contribution in [0.15, 0.2) is 47.4 Å². The first-order valence-corrected chi connectivity index (χ1v) is 10.1. The van der Waals surface area contributed by atoms with Gasteiger partial charge in [-0.2, -0.15) is 10.4 Å². The maximum atomic E-state index is 12.5. The van der Waals surface area contributed by atoms with E-state index in [1.807, 2.05) is 30.7 Å². The van der Waals surface area contributed by atoms with Gasteiger partial charge in [0.05, 0.1) is 29.6 Å². The standard InChI is InChI=1S/C19H22N4O2S/c1-14-19(15(2)23(21-14)12-6-11-20)16-9-10-17(13-16)22-26(24,25)18-7-4-3-5-8-18/h3-5,7-10,16-17,22H,6,12-13H2,1-2H3. The van der Waals surface area contributed by atoms with Crippen molar-refractivity contribution in [1.29, 1.82) is 5.26 Å². The minimum atomic E-state index is -3.53. The van der Waals surface area contributed by atoms with Crippen molar-refractivity contribution in [2.75, 3.05) is 0 Å². The first kappa shape index (κ1) is 18.4. The molecule has 0 spiro atoms. The van der Waals surface area contributed by atoms with Crippen molar-refractivity contribution in [3.63, 3.8) is 0 Å². The van der Waals surface area contributed by atoms with Crippen LogP contribution in [0.3, 0.4) is 0 Å². The summed E-state index contributed by atoms with van der Waals surface area (Å²) in [7, 11) is -3.53. The largest absolute Gasteiger partial charge is 0.268 e. The molecule has 7 heteroatoms. The van der Waals surface area contributed by atoms with Crippen molar-refractivity contribution in [2.24, 2.45) is 0 Å². The van der Waals surface area contributed by atoms with E-state index in [1.54, 1.807) is 30.3 Å². The zero-order chi connectivity index (χ0) is 18.7. The molecule has 0 aliphatic heterocycles. The molecule has 0 fully saturated rings. The third kappa shape index (κ3) is 3.71. The Bertz CT molecular complexity index is 955. The Hall–Kier alpha value is -2.43. The second-order valence-electron chi connectivity index (χ2n) is 6.48. The Kier molecular flexibility index (Phi) is 5.25. The lowest BCUT2D eigenvalue weighted by atomic mass is 9.96. The molecule has 2 aromatic rings. The van der Waals surface area contributed by atoms with Crippen molar-refractivity contribution in [2.45, 2.75) is 50.1 Å². The summed E-state index contributed by atoms with van der Waals surface area (Å²) in [5.41, 5.74) is 3.10. The fraction of sp³-hybridized carbons (Fsp3) is 0.368. The summed E-state index contributed by atoms with van der Waals surface area (Å²) >= 11 is 0. The van der Waals surface area contributed by atoms with Crippen LogP contribution in [-0.2, 0) is 16.6 Å². The molecule has 6 nitrogen and oxygen atoms in total. The molecule has 1 aromatic carbocycles. The Morgan fingerprint density at radius 1 is 1.27 bits per heavy atom. The summed E-state index contributed by atoms with van der Waals surface area (Å²) in [6, 6.07) is 10.3. The van der Waals surface area contributed by atoms with Crippen LogP contribution in [0.2, 0.25) is 0 Å². The average Bonchev–Trinajstić information content (AvgIpc) is 3.17. The lowest BCUT2D eigenvalue weighted by molar-refractivity contribution is 0.563. The van der Waals surface area contributed by atoms with Crippen LogP contribution in [0.4, 0.5) is 0 Å². The summed E-state index contributed by atoms with van der Waals surface area (Å²) in [5, 5.41) is 13.3. The second-order valence-corrected chi connectivity index (χ2v) is 8.20. The molecule has 0 amide bonds. The number of aromatic nitrogens is 2. The van der Waals surface area contributed by atoms with Crippen molar-refractivity contribution in [3.8, 4) is 6.07 Å². The molecular weight excluding hydrogens is 348 g/mol. The number of rotatable bonds is 6. The van der Waals surface area contributed by atoms with Crippen LogP contribution in [0, 0.1) is 25.2 Å². The molecule has 1 heterocycles. The smallest absolute Gasteiger partial charge is 0.241 e. The zero-order valence-electron chi connectivity index (χ0n) is 14.9. The van der Waals surface area contributed by atoms with E-state index in [0.29, 0.717) is 19.4 Å². The number of nitrogens with zero attached hydrogens (tertiary/aromatic N) is 3. The van der Waals surface area contributed by atoms with Gasteiger partial charge in [0.2, 0.25) is 10.0 Å². The van der Waals surface area contributed by atoms with Crippen LogP contribution in [-0.4, -0.2) is 24.2 Å². The Morgan fingerprint density at radius 3 is 2.69 bits per heavy atom. The van der Waals surface area contributed by atoms with Crippen LogP contribution in [0.1, 0.15) is 35.7 Å². The van der Waals surface area contributed by atoms with Gasteiger partial charge in [-0.25, -0.2) is 13.1 Å². The number of nitrogens with one attached hydrogen (secondary N) is 1. The molecular formula is C19H22N4O2S. The fourth-order valence-corrected chi connectivity index (χ4v) is 4.71. The molecule has 0 saturated carbocycles. The summed E-state index contributed by atoms with van der Waals surface area (Å²) < 4.78 is 29.6. The molecule has 1 aliphatic rings. The quantitative estimate of drug-likeness (QED) is 0.792. The van der Waals surface area contributed by atoms with Crippen LogP contribution >= 0.6 is 0 Å². The van der Waals surface area contributed by atoms with E-state index in [1.165, 1.54) is 0 Å². The summed E-state index contributed by atoms with van der Waals surface area (Å²) in [4.78, 5) is 0.272. The highest BCUT2D eigenvalue weighted by atomic mass is 32.2. The number of aryl methyl sites for hydroxylation is 2. The molecule has 1 N–H and O–H groups in total. The van der Waals surface area contributed by atoms with Crippen LogP contribution in [0.5, 0.6) is 0 Å². The zero-order valence-corrected chi connectivity index (χ0v) is 15.7. The Balaban J connectivity index is 1.73. The summed E-state index contributed by atoms with van der Waals surface area (Å²) in [5.74, 6) is 0.120. The van der Waals surface area contributed by atoms with Crippen molar-refractivity contribution in [1.82, 2.24) is 14.5 Å². The average molecular weight is 370 g/mol. The predicted molar refractivity (Wildman–Crippen MR) is 99.0 cm³/mol. The van der Waals surface area contributed by atoms with Gasteiger partial charge >= 0.3 is 0 Å². The molecule has 26 heavy (non-hydrogen) atoms. The normalized spacial score (nSPS) is 19.6. The molecule has 136 valence electrons. The molecule has 3 rings (SSSR count). The van der Waals surface area contributed by atoms with Gasteiger partial charge in [0.1, 0.15) is 0 Å². The molecule has 0 radical (unpaired) electrons. The van der Waals surface area contributed by atoms with E-state index in [4.69, 9.17) is 5.26 Å². The van der Waals surface area contributed by atoms with E-state index in [2.05, 4.69) is 15.9 Å². The molecule has 0 bridgehead atoms. The highest BCUT2D eigenvalue weighted by Crippen LogP contribution is 2.33. The van der Waals surface area contributed by atoms with Crippen molar-refractivity contribution >= 4 is 10.0 Å². The van der Waals surface area contributed by atoms with Gasteiger partial charge in [-0.05, 0) is 32.4 Å². The Morgan fingerprint density at radius 2 is 2.00 bits per heavy atom. The maximum absolute atomic E-state index is 12.5. The first-order valence-electron chi connectivity index (χ1n) is 8.59. The molecule has 0 saturated heterocycles. The molecule has 1 aliphatic carbocycles. The van der Waals surface area contributed by atoms with Gasteiger partial charge < -0.3 is 0 Å². The van der Waals surface area contributed by atoms with E-state index in [-0.39, 0.29) is 16.9 Å². The molecule has 2 atom stereocenters. The van der Waals surface area contributed by atoms with Gasteiger partial charge in [-0.15, -0.1) is 0 Å².